The number of carbonyl (C=O) groups is 1. The van der Waals surface area contributed by atoms with Crippen molar-refractivity contribution >= 4 is 22.6 Å². The molecule has 0 spiro atoms. The molecule has 5 nitrogen and oxygen atoms in total. The summed E-state index contributed by atoms with van der Waals surface area (Å²) in [5.74, 6) is -3.48. The fraction of sp³-hybridized carbons (Fsp3) is 0.176. The highest BCUT2D eigenvalue weighted by atomic mass is 19.1. The molecular weight excluding hydrogens is 337 g/mol. The second-order valence-corrected chi connectivity index (χ2v) is 5.18. The number of hydrogen-bond donors (Lipinski definition) is 1. The van der Waals surface area contributed by atoms with Crippen LogP contribution in [0.2, 0.25) is 0 Å². The molecule has 0 saturated carbocycles. The molecule has 0 bridgehead atoms. The highest BCUT2D eigenvalue weighted by Crippen LogP contribution is 2.31. The minimum absolute atomic E-state index is 0.0950. The number of aryl methyl sites for hydroxylation is 1. The summed E-state index contributed by atoms with van der Waals surface area (Å²) in [6.45, 7) is 1.86. The summed E-state index contributed by atoms with van der Waals surface area (Å²) in [5.41, 5.74) is -0.543. The predicted molar refractivity (Wildman–Crippen MR) is 84.2 cm³/mol. The summed E-state index contributed by atoms with van der Waals surface area (Å²) in [5, 5.41) is 2.42. The lowest BCUT2D eigenvalue weighted by molar-refractivity contribution is 0.102. The third kappa shape index (κ3) is 3.02. The number of aromatic nitrogens is 1. The zero-order valence-corrected chi connectivity index (χ0v) is 13.3. The van der Waals surface area contributed by atoms with Crippen molar-refractivity contribution in [3.05, 3.63) is 53.3 Å². The van der Waals surface area contributed by atoms with Gasteiger partial charge in [-0.3, -0.25) is 4.79 Å². The van der Waals surface area contributed by atoms with Gasteiger partial charge in [-0.05, 0) is 6.07 Å². The molecule has 0 atom stereocenters. The number of carbonyl (C=O) groups excluding carboxylic acids is 1. The summed E-state index contributed by atoms with van der Waals surface area (Å²) in [6, 6.07) is 2.56. The van der Waals surface area contributed by atoms with Crippen molar-refractivity contribution < 1.29 is 27.1 Å². The molecule has 1 N–H and O–H groups in total. The monoisotopic (exact) mass is 350 g/mol. The number of ether oxygens (including phenoxy) is 1. The minimum Gasteiger partial charge on any atom is -0.491 e. The molecule has 0 aliphatic carbocycles. The molecule has 130 valence electrons. The first kappa shape index (κ1) is 16.8. The fourth-order valence-electron chi connectivity index (χ4n) is 2.39. The summed E-state index contributed by atoms with van der Waals surface area (Å²) in [6.07, 6.45) is 1.84. The van der Waals surface area contributed by atoms with E-state index in [0.29, 0.717) is 41.0 Å². The number of nitrogens with zero attached hydrogens (tertiary/aromatic N) is 1. The van der Waals surface area contributed by atoms with Crippen molar-refractivity contribution in [3.8, 4) is 5.75 Å². The Morgan fingerprint density at radius 3 is 2.52 bits per heavy atom. The number of rotatable bonds is 4. The van der Waals surface area contributed by atoms with Crippen LogP contribution in [0.25, 0.3) is 11.0 Å². The van der Waals surface area contributed by atoms with Crippen molar-refractivity contribution in [2.75, 3.05) is 12.4 Å². The second-order valence-electron chi connectivity index (χ2n) is 5.18. The highest BCUT2D eigenvalue weighted by Gasteiger charge is 2.21. The zero-order valence-electron chi connectivity index (χ0n) is 13.3. The zero-order chi connectivity index (χ0) is 18.1. The van der Waals surface area contributed by atoms with Crippen LogP contribution < -0.4 is 10.1 Å². The predicted octanol–water partition coefficient (Wildman–Crippen LogP) is 4.07. The van der Waals surface area contributed by atoms with E-state index in [1.807, 2.05) is 6.92 Å². The number of hydrogen-bond acceptors (Lipinski definition) is 4. The van der Waals surface area contributed by atoms with Crippen LogP contribution >= 0.6 is 0 Å². The number of amides is 1. The van der Waals surface area contributed by atoms with Crippen molar-refractivity contribution in [2.24, 2.45) is 0 Å². The van der Waals surface area contributed by atoms with Crippen LogP contribution in [0.15, 0.2) is 28.8 Å². The number of furan rings is 1. The summed E-state index contributed by atoms with van der Waals surface area (Å²) in [4.78, 5) is 16.4. The third-order valence-electron chi connectivity index (χ3n) is 3.60. The van der Waals surface area contributed by atoms with Gasteiger partial charge in [0.2, 0.25) is 0 Å². The maximum Gasteiger partial charge on any atom is 0.275 e. The second kappa shape index (κ2) is 6.46. The Kier molecular flexibility index (Phi) is 4.35. The number of nitrogens with one attached hydrogen (secondary N) is 1. The molecule has 1 amide bonds. The topological polar surface area (TPSA) is 64.4 Å². The minimum atomic E-state index is -1.22. The van der Waals surface area contributed by atoms with E-state index >= 15 is 0 Å². The Morgan fingerprint density at radius 1 is 1.24 bits per heavy atom. The Bertz CT molecular complexity index is 946. The molecule has 3 rings (SSSR count). The lowest BCUT2D eigenvalue weighted by atomic mass is 10.2. The molecule has 1 aromatic carbocycles. The van der Waals surface area contributed by atoms with Gasteiger partial charge in [-0.15, -0.1) is 0 Å². The van der Waals surface area contributed by atoms with Gasteiger partial charge in [0.05, 0.1) is 18.7 Å². The average Bonchev–Trinajstić information content (AvgIpc) is 3.01. The van der Waals surface area contributed by atoms with Crippen LogP contribution in [0.5, 0.6) is 5.75 Å². The van der Waals surface area contributed by atoms with Crippen molar-refractivity contribution in [1.82, 2.24) is 4.98 Å². The fourth-order valence-corrected chi connectivity index (χ4v) is 2.39. The number of anilines is 1. The van der Waals surface area contributed by atoms with E-state index < -0.39 is 29.0 Å². The third-order valence-corrected chi connectivity index (χ3v) is 3.60. The largest absolute Gasteiger partial charge is 0.491 e. The number of fused-ring (bicyclic) bond motifs is 1. The van der Waals surface area contributed by atoms with Gasteiger partial charge in [0.25, 0.3) is 5.91 Å². The summed E-state index contributed by atoms with van der Waals surface area (Å²) < 4.78 is 51.2. The Morgan fingerprint density at radius 2 is 1.92 bits per heavy atom. The van der Waals surface area contributed by atoms with E-state index in [9.17, 15) is 18.0 Å². The number of benzene rings is 1. The summed E-state index contributed by atoms with van der Waals surface area (Å²) >= 11 is 0. The van der Waals surface area contributed by atoms with E-state index in [4.69, 9.17) is 9.15 Å². The van der Waals surface area contributed by atoms with Gasteiger partial charge >= 0.3 is 0 Å². The van der Waals surface area contributed by atoms with Gasteiger partial charge in [0.1, 0.15) is 23.0 Å². The van der Waals surface area contributed by atoms with E-state index in [-0.39, 0.29) is 5.69 Å². The number of halogens is 3. The van der Waals surface area contributed by atoms with E-state index in [0.717, 1.165) is 0 Å². The maximum absolute atomic E-state index is 13.7. The molecule has 0 aliphatic rings. The van der Waals surface area contributed by atoms with Gasteiger partial charge in [-0.1, -0.05) is 6.92 Å². The van der Waals surface area contributed by atoms with Crippen LogP contribution in [0.3, 0.4) is 0 Å². The first-order valence-corrected chi connectivity index (χ1v) is 7.35. The smallest absolute Gasteiger partial charge is 0.275 e. The van der Waals surface area contributed by atoms with Gasteiger partial charge < -0.3 is 14.5 Å². The lowest BCUT2D eigenvalue weighted by Gasteiger charge is -2.09. The number of pyridine rings is 1. The molecule has 0 radical (unpaired) electrons. The molecule has 2 heterocycles. The quantitative estimate of drug-likeness (QED) is 0.770. The normalized spacial score (nSPS) is 10.9. The van der Waals surface area contributed by atoms with Gasteiger partial charge in [-0.2, -0.15) is 0 Å². The Balaban J connectivity index is 2.05. The van der Waals surface area contributed by atoms with E-state index in [2.05, 4.69) is 10.3 Å². The Hall–Kier alpha value is -3.03. The van der Waals surface area contributed by atoms with E-state index in [1.54, 1.807) is 6.07 Å². The van der Waals surface area contributed by atoms with Gasteiger partial charge in [0.15, 0.2) is 23.0 Å². The van der Waals surface area contributed by atoms with Crippen LogP contribution in [0.1, 0.15) is 23.2 Å². The molecule has 3 aromatic rings. The van der Waals surface area contributed by atoms with Crippen LogP contribution in [0.4, 0.5) is 18.9 Å². The standard InChI is InChI=1S/C17H13F3N2O3/c1-3-9-6-10-14(21-7-13(24-2)16(10)25-9)17(23)22-15-11(19)4-8(18)5-12(15)20/h4-7H,3H2,1-2H3,(H,22,23). The van der Waals surface area contributed by atoms with Crippen LogP contribution in [-0.2, 0) is 6.42 Å². The number of methoxy groups -OCH3 is 1. The molecule has 0 fully saturated rings. The molecule has 0 saturated heterocycles. The van der Waals surface area contributed by atoms with Crippen molar-refractivity contribution in [3.63, 3.8) is 0 Å². The highest BCUT2D eigenvalue weighted by molar-refractivity contribution is 6.11. The molecular formula is C17H13F3N2O3. The summed E-state index contributed by atoms with van der Waals surface area (Å²) in [7, 11) is 1.42. The van der Waals surface area contributed by atoms with Crippen molar-refractivity contribution in [1.29, 1.82) is 0 Å². The van der Waals surface area contributed by atoms with Crippen LogP contribution in [0, 0.1) is 17.5 Å². The first-order valence-electron chi connectivity index (χ1n) is 7.35. The molecule has 8 heteroatoms. The van der Waals surface area contributed by atoms with Gasteiger partial charge in [-0.25, -0.2) is 18.2 Å². The van der Waals surface area contributed by atoms with E-state index in [1.165, 1.54) is 13.3 Å². The Labute approximate surface area is 140 Å². The molecule has 0 unspecified atom stereocenters. The molecule has 0 aliphatic heterocycles. The van der Waals surface area contributed by atoms with Crippen molar-refractivity contribution in [2.45, 2.75) is 13.3 Å². The van der Waals surface area contributed by atoms with Crippen LogP contribution in [-0.4, -0.2) is 18.0 Å². The molecule has 2 aromatic heterocycles. The SMILES string of the molecule is CCc1cc2c(C(=O)Nc3c(F)cc(F)cc3F)ncc(OC)c2o1. The van der Waals surface area contributed by atoms with Gasteiger partial charge in [0, 0.05) is 18.6 Å². The first-order chi connectivity index (χ1) is 11.9. The average molecular weight is 350 g/mol. The maximum atomic E-state index is 13.7. The lowest BCUT2D eigenvalue weighted by Crippen LogP contribution is -2.16. The molecule has 25 heavy (non-hydrogen) atoms.